The van der Waals surface area contributed by atoms with Crippen LogP contribution in [-0.4, -0.2) is 46.2 Å². The molecule has 10 heteroatoms. The number of nitrogens with zero attached hydrogens (tertiary/aromatic N) is 2. The van der Waals surface area contributed by atoms with Crippen LogP contribution in [0, 0.1) is 16.0 Å². The minimum absolute atomic E-state index is 0. The number of aliphatic hydroxyl groups is 1. The average molecular weight is 333 g/mol. The van der Waals surface area contributed by atoms with Crippen molar-refractivity contribution in [3.8, 4) is 0 Å². The second kappa shape index (κ2) is 7.87. The number of β-amino-alcohol motifs (C(OH)–C–C–N with tert-alkyl or cyclic N) is 1. The Morgan fingerprint density at radius 2 is 2.23 bits per heavy atom. The van der Waals surface area contributed by atoms with Gasteiger partial charge in [-0.15, -0.1) is 12.4 Å². The molecule has 0 aromatic carbocycles. The molecule has 1 fully saturated rings. The van der Waals surface area contributed by atoms with Crippen LogP contribution in [0.4, 0.5) is 5.69 Å². The molecule has 1 aliphatic heterocycles. The van der Waals surface area contributed by atoms with Crippen LogP contribution in [0.5, 0.6) is 0 Å². The maximum absolute atomic E-state index is 11.8. The third-order valence-electron chi connectivity index (χ3n) is 3.36. The van der Waals surface area contributed by atoms with Crippen molar-refractivity contribution in [1.29, 1.82) is 0 Å². The Balaban J connectivity index is 0.00000242. The summed E-state index contributed by atoms with van der Waals surface area (Å²) in [6, 6.07) is 2.15. The summed E-state index contributed by atoms with van der Waals surface area (Å²) in [5, 5.41) is 25.8. The van der Waals surface area contributed by atoms with E-state index in [0.29, 0.717) is 13.1 Å². The molecule has 2 heterocycles. The number of nitro groups is 1. The van der Waals surface area contributed by atoms with Crippen LogP contribution in [0.2, 0.25) is 0 Å². The van der Waals surface area contributed by atoms with Gasteiger partial charge in [0.25, 0.3) is 11.2 Å². The Labute approximate surface area is 131 Å². The molecule has 1 amide bonds. The topological polar surface area (TPSA) is 127 Å². The maximum atomic E-state index is 11.8. The molecule has 1 aliphatic rings. The van der Waals surface area contributed by atoms with E-state index in [2.05, 4.69) is 10.6 Å². The lowest BCUT2D eigenvalue weighted by molar-refractivity contribution is -0.385. The van der Waals surface area contributed by atoms with E-state index in [0.717, 1.165) is 22.9 Å². The lowest BCUT2D eigenvalue weighted by atomic mass is 10.1. The van der Waals surface area contributed by atoms with Crippen molar-refractivity contribution in [2.75, 3.05) is 19.6 Å². The SMILES string of the molecule is Cl.O=C(Cn1cc([N+](=O)[O-])ccc1=O)NCC1CNCC1O. The zero-order chi connectivity index (χ0) is 15.4. The number of aliphatic hydroxyl groups excluding tert-OH is 1. The molecule has 1 aromatic rings. The molecule has 2 rings (SSSR count). The standard InChI is InChI=1S/C12H16N4O5.ClH/c17-10-5-13-3-8(10)4-14-11(18)7-15-6-9(16(20)21)1-2-12(15)19;/h1-2,6,8,10,13,17H,3-5,7H2,(H,14,18);1H. The van der Waals surface area contributed by atoms with Crippen molar-refractivity contribution >= 4 is 24.0 Å². The van der Waals surface area contributed by atoms with Crippen LogP contribution < -0.4 is 16.2 Å². The lowest BCUT2D eigenvalue weighted by Crippen LogP contribution is -2.37. The number of pyridine rings is 1. The molecular weight excluding hydrogens is 316 g/mol. The van der Waals surface area contributed by atoms with Gasteiger partial charge in [-0.1, -0.05) is 0 Å². The molecule has 0 aliphatic carbocycles. The predicted molar refractivity (Wildman–Crippen MR) is 80.0 cm³/mol. The fourth-order valence-electron chi connectivity index (χ4n) is 2.13. The van der Waals surface area contributed by atoms with E-state index in [1.165, 1.54) is 0 Å². The Hall–Kier alpha value is -1.97. The summed E-state index contributed by atoms with van der Waals surface area (Å²) in [5.41, 5.74) is -0.740. The minimum Gasteiger partial charge on any atom is -0.391 e. The molecular formula is C12H17ClN4O5. The summed E-state index contributed by atoms with van der Waals surface area (Å²) >= 11 is 0. The second-order valence-electron chi connectivity index (χ2n) is 4.90. The van der Waals surface area contributed by atoms with Crippen LogP contribution in [0.15, 0.2) is 23.1 Å². The highest BCUT2D eigenvalue weighted by Gasteiger charge is 2.25. The van der Waals surface area contributed by atoms with Gasteiger partial charge in [-0.05, 0) is 0 Å². The van der Waals surface area contributed by atoms with Crippen LogP contribution in [0.25, 0.3) is 0 Å². The molecule has 0 saturated carbocycles. The molecule has 0 spiro atoms. The van der Waals surface area contributed by atoms with E-state index in [1.54, 1.807) is 0 Å². The van der Waals surface area contributed by atoms with Crippen molar-refractivity contribution < 1.29 is 14.8 Å². The van der Waals surface area contributed by atoms with Gasteiger partial charge in [0.05, 0.1) is 17.2 Å². The molecule has 1 aromatic heterocycles. The third-order valence-corrected chi connectivity index (χ3v) is 3.36. The van der Waals surface area contributed by atoms with Gasteiger partial charge in [-0.3, -0.25) is 24.3 Å². The first-order valence-electron chi connectivity index (χ1n) is 6.47. The fraction of sp³-hybridized carbons (Fsp3) is 0.500. The summed E-state index contributed by atoms with van der Waals surface area (Å²) in [6.45, 7) is 1.09. The summed E-state index contributed by atoms with van der Waals surface area (Å²) in [5.74, 6) is -0.507. The van der Waals surface area contributed by atoms with Gasteiger partial charge < -0.3 is 15.7 Å². The summed E-state index contributed by atoms with van der Waals surface area (Å²) in [7, 11) is 0. The Morgan fingerprint density at radius 1 is 1.50 bits per heavy atom. The number of hydrogen-bond donors (Lipinski definition) is 3. The first kappa shape index (κ1) is 18.1. The number of halogens is 1. The van der Waals surface area contributed by atoms with Crippen LogP contribution in [0.1, 0.15) is 0 Å². The van der Waals surface area contributed by atoms with Crippen molar-refractivity contribution in [2.45, 2.75) is 12.6 Å². The van der Waals surface area contributed by atoms with Gasteiger partial charge in [-0.25, -0.2) is 0 Å². The highest BCUT2D eigenvalue weighted by atomic mass is 35.5. The summed E-state index contributed by atoms with van der Waals surface area (Å²) < 4.78 is 0.983. The number of aromatic nitrogens is 1. The minimum atomic E-state index is -0.631. The van der Waals surface area contributed by atoms with E-state index in [9.17, 15) is 24.8 Å². The zero-order valence-corrected chi connectivity index (χ0v) is 12.4. The van der Waals surface area contributed by atoms with E-state index < -0.39 is 22.5 Å². The molecule has 9 nitrogen and oxygen atoms in total. The molecule has 2 atom stereocenters. The van der Waals surface area contributed by atoms with E-state index >= 15 is 0 Å². The van der Waals surface area contributed by atoms with E-state index in [4.69, 9.17) is 0 Å². The Morgan fingerprint density at radius 3 is 2.82 bits per heavy atom. The van der Waals surface area contributed by atoms with Crippen molar-refractivity contribution in [3.63, 3.8) is 0 Å². The van der Waals surface area contributed by atoms with Gasteiger partial charge in [0.2, 0.25) is 5.91 Å². The highest BCUT2D eigenvalue weighted by Crippen LogP contribution is 2.08. The van der Waals surface area contributed by atoms with Crippen LogP contribution >= 0.6 is 12.4 Å². The predicted octanol–water partition coefficient (Wildman–Crippen LogP) is -1.13. The molecule has 122 valence electrons. The number of hydrogen-bond acceptors (Lipinski definition) is 6. The van der Waals surface area contributed by atoms with Crippen LogP contribution in [-0.2, 0) is 11.3 Å². The van der Waals surface area contributed by atoms with Gasteiger partial charge in [0.15, 0.2) is 0 Å². The molecule has 3 N–H and O–H groups in total. The largest absolute Gasteiger partial charge is 0.391 e. The van der Waals surface area contributed by atoms with Gasteiger partial charge in [-0.2, -0.15) is 0 Å². The third kappa shape index (κ3) is 4.52. The first-order valence-corrected chi connectivity index (χ1v) is 6.47. The van der Waals surface area contributed by atoms with Crippen molar-refractivity contribution in [3.05, 3.63) is 38.8 Å². The van der Waals surface area contributed by atoms with Crippen LogP contribution in [0.3, 0.4) is 0 Å². The second-order valence-corrected chi connectivity index (χ2v) is 4.90. The average Bonchev–Trinajstić information content (AvgIpc) is 2.84. The summed E-state index contributed by atoms with van der Waals surface area (Å²) in [4.78, 5) is 33.3. The van der Waals surface area contributed by atoms with E-state index in [1.807, 2.05) is 0 Å². The monoisotopic (exact) mass is 332 g/mol. The molecule has 0 bridgehead atoms. The van der Waals surface area contributed by atoms with Gasteiger partial charge in [0, 0.05) is 37.7 Å². The highest BCUT2D eigenvalue weighted by molar-refractivity contribution is 5.85. The maximum Gasteiger partial charge on any atom is 0.285 e. The smallest absolute Gasteiger partial charge is 0.285 e. The Kier molecular flexibility index (Phi) is 6.47. The number of rotatable bonds is 5. The summed E-state index contributed by atoms with van der Waals surface area (Å²) in [6.07, 6.45) is 0.527. The normalized spacial score (nSPS) is 20.2. The lowest BCUT2D eigenvalue weighted by Gasteiger charge is -2.14. The molecule has 1 saturated heterocycles. The van der Waals surface area contributed by atoms with Crippen molar-refractivity contribution in [1.82, 2.24) is 15.2 Å². The molecule has 2 unspecified atom stereocenters. The quantitative estimate of drug-likeness (QED) is 0.463. The fourth-order valence-corrected chi connectivity index (χ4v) is 2.13. The number of carbonyl (C=O) groups is 1. The molecule has 22 heavy (non-hydrogen) atoms. The number of carbonyl (C=O) groups excluding carboxylic acids is 1. The van der Waals surface area contributed by atoms with E-state index in [-0.39, 0.29) is 37.1 Å². The van der Waals surface area contributed by atoms with Gasteiger partial charge >= 0.3 is 0 Å². The first-order chi connectivity index (χ1) is 9.97. The zero-order valence-electron chi connectivity index (χ0n) is 11.6. The van der Waals surface area contributed by atoms with Crippen molar-refractivity contribution in [2.24, 2.45) is 5.92 Å². The Bertz CT molecular complexity index is 605. The van der Waals surface area contributed by atoms with Gasteiger partial charge in [0.1, 0.15) is 6.54 Å². The number of nitrogens with one attached hydrogen (secondary N) is 2. The number of amides is 1. The molecule has 0 radical (unpaired) electrons.